The van der Waals surface area contributed by atoms with Gasteiger partial charge in [0.2, 0.25) is 0 Å². The SMILES string of the molecule is CC(=O)C1=C(C)O[C@@H](CS(=O)(=O)c2ccccc2)[C@@H]1C(C)C. The smallest absolute Gasteiger partial charge is 0.182 e. The van der Waals surface area contributed by atoms with E-state index in [-0.39, 0.29) is 28.3 Å². The number of allylic oxidation sites excluding steroid dienone is 1. The molecular weight excluding hydrogens is 300 g/mol. The Hall–Kier alpha value is -1.62. The van der Waals surface area contributed by atoms with Gasteiger partial charge in [-0.25, -0.2) is 8.42 Å². The Balaban J connectivity index is 2.29. The van der Waals surface area contributed by atoms with Gasteiger partial charge in [0.05, 0.1) is 10.6 Å². The molecule has 1 aliphatic rings. The summed E-state index contributed by atoms with van der Waals surface area (Å²) < 4.78 is 30.9. The van der Waals surface area contributed by atoms with Crippen molar-refractivity contribution in [3.8, 4) is 0 Å². The van der Waals surface area contributed by atoms with Gasteiger partial charge in [0.25, 0.3) is 0 Å². The normalized spacial score (nSPS) is 22.0. The molecule has 1 aromatic carbocycles. The molecule has 0 N–H and O–H groups in total. The number of Topliss-reactive ketones (excluding diaryl/α,β-unsaturated/α-hetero) is 1. The fourth-order valence-electron chi connectivity index (χ4n) is 3.11. The Kier molecular flexibility index (Phi) is 4.75. The lowest BCUT2D eigenvalue weighted by molar-refractivity contribution is -0.114. The van der Waals surface area contributed by atoms with E-state index < -0.39 is 15.9 Å². The molecule has 120 valence electrons. The molecule has 0 fully saturated rings. The van der Waals surface area contributed by atoms with Crippen molar-refractivity contribution in [3.05, 3.63) is 41.7 Å². The van der Waals surface area contributed by atoms with Gasteiger partial charge in [0.15, 0.2) is 15.6 Å². The average Bonchev–Trinajstić information content (AvgIpc) is 2.75. The van der Waals surface area contributed by atoms with Crippen molar-refractivity contribution in [2.24, 2.45) is 11.8 Å². The minimum absolute atomic E-state index is 0.0455. The van der Waals surface area contributed by atoms with Crippen molar-refractivity contribution >= 4 is 15.6 Å². The molecule has 1 aromatic rings. The molecule has 2 atom stereocenters. The van der Waals surface area contributed by atoms with Crippen molar-refractivity contribution in [2.75, 3.05) is 5.75 Å². The zero-order valence-corrected chi connectivity index (χ0v) is 14.2. The minimum atomic E-state index is -3.45. The second-order valence-electron chi connectivity index (χ2n) is 6.05. The first kappa shape index (κ1) is 16.7. The van der Waals surface area contributed by atoms with E-state index in [1.54, 1.807) is 37.3 Å². The molecule has 5 heteroatoms. The van der Waals surface area contributed by atoms with Crippen molar-refractivity contribution in [1.29, 1.82) is 0 Å². The molecule has 0 saturated carbocycles. The summed E-state index contributed by atoms with van der Waals surface area (Å²) in [6, 6.07) is 8.35. The fraction of sp³-hybridized carbons (Fsp3) is 0.471. The van der Waals surface area contributed by atoms with E-state index in [2.05, 4.69) is 0 Å². The summed E-state index contributed by atoms with van der Waals surface area (Å²) in [7, 11) is -3.45. The van der Waals surface area contributed by atoms with Gasteiger partial charge in [-0.05, 0) is 31.9 Å². The van der Waals surface area contributed by atoms with Crippen LogP contribution in [0.1, 0.15) is 27.7 Å². The first-order valence-electron chi connectivity index (χ1n) is 7.40. The van der Waals surface area contributed by atoms with Gasteiger partial charge >= 0.3 is 0 Å². The zero-order valence-electron chi connectivity index (χ0n) is 13.4. The van der Waals surface area contributed by atoms with Gasteiger partial charge in [0.1, 0.15) is 11.9 Å². The Morgan fingerprint density at radius 2 is 1.82 bits per heavy atom. The van der Waals surface area contributed by atoms with Gasteiger partial charge in [0, 0.05) is 11.5 Å². The number of sulfone groups is 1. The Morgan fingerprint density at radius 3 is 2.32 bits per heavy atom. The number of rotatable bonds is 5. The number of ketones is 1. The van der Waals surface area contributed by atoms with Crippen molar-refractivity contribution in [3.63, 3.8) is 0 Å². The second-order valence-corrected chi connectivity index (χ2v) is 8.08. The van der Waals surface area contributed by atoms with E-state index in [1.165, 1.54) is 6.92 Å². The Labute approximate surface area is 132 Å². The first-order chi connectivity index (χ1) is 10.2. The van der Waals surface area contributed by atoms with Crippen LogP contribution in [0.2, 0.25) is 0 Å². The average molecular weight is 322 g/mol. The standard InChI is InChI=1S/C17H22O4S/c1-11(2)16-15(21-13(4)17(16)12(3)18)10-22(19,20)14-8-6-5-7-9-14/h5-9,11,15-16H,10H2,1-4H3/t15-,16-/m0/s1. The summed E-state index contributed by atoms with van der Waals surface area (Å²) in [6.45, 7) is 7.21. The molecule has 1 aliphatic heterocycles. The van der Waals surface area contributed by atoms with Crippen LogP contribution in [0.5, 0.6) is 0 Å². The molecule has 0 spiro atoms. The van der Waals surface area contributed by atoms with Gasteiger partial charge < -0.3 is 4.74 Å². The van der Waals surface area contributed by atoms with Crippen molar-refractivity contribution in [1.82, 2.24) is 0 Å². The molecule has 0 amide bonds. The maximum absolute atomic E-state index is 12.6. The van der Waals surface area contributed by atoms with Gasteiger partial charge in [-0.1, -0.05) is 32.0 Å². The van der Waals surface area contributed by atoms with Crippen LogP contribution in [0.25, 0.3) is 0 Å². The maximum atomic E-state index is 12.6. The molecular formula is C17H22O4S. The fourth-order valence-corrected chi connectivity index (χ4v) is 4.58. The lowest BCUT2D eigenvalue weighted by Gasteiger charge is -2.23. The van der Waals surface area contributed by atoms with Crippen molar-refractivity contribution in [2.45, 2.75) is 38.7 Å². The van der Waals surface area contributed by atoms with Gasteiger partial charge in [-0.2, -0.15) is 0 Å². The molecule has 0 unspecified atom stereocenters. The minimum Gasteiger partial charge on any atom is -0.493 e. The Bertz CT molecular complexity index is 687. The topological polar surface area (TPSA) is 60.4 Å². The third-order valence-corrected chi connectivity index (χ3v) is 5.78. The van der Waals surface area contributed by atoms with Crippen LogP contribution >= 0.6 is 0 Å². The molecule has 0 saturated heterocycles. The van der Waals surface area contributed by atoms with Crippen LogP contribution in [-0.4, -0.2) is 26.1 Å². The third-order valence-electron chi connectivity index (χ3n) is 4.02. The Morgan fingerprint density at radius 1 is 1.23 bits per heavy atom. The molecule has 0 aliphatic carbocycles. The molecule has 2 rings (SSSR count). The molecule has 1 heterocycles. The highest BCUT2D eigenvalue weighted by atomic mass is 32.2. The third kappa shape index (κ3) is 3.24. The van der Waals surface area contributed by atoms with Crippen LogP contribution in [0.4, 0.5) is 0 Å². The molecule has 4 nitrogen and oxygen atoms in total. The number of benzene rings is 1. The largest absolute Gasteiger partial charge is 0.493 e. The number of carbonyl (C=O) groups excluding carboxylic acids is 1. The van der Waals surface area contributed by atoms with Crippen molar-refractivity contribution < 1.29 is 17.9 Å². The van der Waals surface area contributed by atoms with E-state index >= 15 is 0 Å². The first-order valence-corrected chi connectivity index (χ1v) is 9.05. The zero-order chi connectivity index (χ0) is 16.5. The maximum Gasteiger partial charge on any atom is 0.182 e. The summed E-state index contributed by atoms with van der Waals surface area (Å²) in [5.41, 5.74) is 0.628. The number of hydrogen-bond donors (Lipinski definition) is 0. The van der Waals surface area contributed by atoms with Gasteiger partial charge in [-0.3, -0.25) is 4.79 Å². The van der Waals surface area contributed by atoms with E-state index in [9.17, 15) is 13.2 Å². The van der Waals surface area contributed by atoms with E-state index in [4.69, 9.17) is 4.74 Å². The molecule has 0 radical (unpaired) electrons. The summed E-state index contributed by atoms with van der Waals surface area (Å²) in [6.07, 6.45) is -0.510. The highest BCUT2D eigenvalue weighted by Crippen LogP contribution is 2.38. The summed E-state index contributed by atoms with van der Waals surface area (Å²) in [5.74, 6) is 0.340. The summed E-state index contributed by atoms with van der Waals surface area (Å²) in [5, 5.41) is 0. The lowest BCUT2D eigenvalue weighted by Crippen LogP contribution is -2.32. The second kappa shape index (κ2) is 6.24. The van der Waals surface area contributed by atoms with E-state index in [0.717, 1.165) is 0 Å². The highest BCUT2D eigenvalue weighted by molar-refractivity contribution is 7.91. The van der Waals surface area contributed by atoms with Crippen LogP contribution in [0.15, 0.2) is 46.6 Å². The monoisotopic (exact) mass is 322 g/mol. The summed E-state index contributed by atoms with van der Waals surface area (Å²) in [4.78, 5) is 12.2. The quantitative estimate of drug-likeness (QED) is 0.836. The number of ether oxygens (including phenoxy) is 1. The van der Waals surface area contributed by atoms with E-state index in [1.807, 2.05) is 13.8 Å². The van der Waals surface area contributed by atoms with Gasteiger partial charge in [-0.15, -0.1) is 0 Å². The van der Waals surface area contributed by atoms with E-state index in [0.29, 0.717) is 11.3 Å². The predicted octanol–water partition coefficient (Wildman–Crippen LogP) is 2.99. The molecule has 22 heavy (non-hydrogen) atoms. The molecule has 0 aromatic heterocycles. The molecule has 0 bridgehead atoms. The van der Waals surface area contributed by atoms with Crippen LogP contribution in [-0.2, 0) is 19.4 Å². The van der Waals surface area contributed by atoms with Crippen LogP contribution in [0.3, 0.4) is 0 Å². The number of carbonyl (C=O) groups is 1. The van der Waals surface area contributed by atoms with Crippen LogP contribution in [0, 0.1) is 11.8 Å². The summed E-state index contributed by atoms with van der Waals surface area (Å²) >= 11 is 0. The predicted molar refractivity (Wildman–Crippen MR) is 85.1 cm³/mol. The van der Waals surface area contributed by atoms with Crippen LogP contribution < -0.4 is 0 Å². The lowest BCUT2D eigenvalue weighted by atomic mass is 9.83. The highest BCUT2D eigenvalue weighted by Gasteiger charge is 2.41. The number of hydrogen-bond acceptors (Lipinski definition) is 4.